The van der Waals surface area contributed by atoms with E-state index in [1.54, 1.807) is 36.4 Å². The number of rotatable bonds is 34. The number of anilines is 2. The minimum absolute atomic E-state index is 0.0544. The monoisotopic (exact) mass is 968 g/mol. The summed E-state index contributed by atoms with van der Waals surface area (Å²) in [7, 11) is 0. The number of fused-ring (bicyclic) bond motifs is 2. The first-order valence-corrected chi connectivity index (χ1v) is 23.0. The molecule has 2 aromatic rings. The van der Waals surface area contributed by atoms with Crippen LogP contribution in [0.1, 0.15) is 67.1 Å². The maximum absolute atomic E-state index is 13.2. The van der Waals surface area contributed by atoms with Crippen LogP contribution in [-0.4, -0.2) is 201 Å². The molecule has 0 bridgehead atoms. The third-order valence-corrected chi connectivity index (χ3v) is 11.0. The fourth-order valence-corrected chi connectivity index (χ4v) is 7.70. The number of piperidine rings is 2. The van der Waals surface area contributed by atoms with E-state index in [0.29, 0.717) is 143 Å². The summed E-state index contributed by atoms with van der Waals surface area (Å²) in [5, 5.41) is 10.6. The predicted molar refractivity (Wildman–Crippen MR) is 241 cm³/mol. The molecule has 0 radical (unpaired) electrons. The lowest BCUT2D eigenvalue weighted by Crippen LogP contribution is -2.54. The van der Waals surface area contributed by atoms with Crippen molar-refractivity contribution in [3.05, 3.63) is 58.7 Å². The highest BCUT2D eigenvalue weighted by atomic mass is 16.6. The van der Waals surface area contributed by atoms with Gasteiger partial charge in [-0.3, -0.25) is 58.8 Å². The molecule has 2 fully saturated rings. The second kappa shape index (κ2) is 28.0. The summed E-state index contributed by atoms with van der Waals surface area (Å²) < 4.78 is 49.8. The van der Waals surface area contributed by atoms with Gasteiger partial charge in [0.2, 0.25) is 23.6 Å². The Kier molecular flexibility index (Phi) is 21.4. The van der Waals surface area contributed by atoms with E-state index in [2.05, 4.69) is 21.3 Å². The van der Waals surface area contributed by atoms with Crippen LogP contribution >= 0.6 is 0 Å². The zero-order chi connectivity index (χ0) is 48.8. The molecule has 0 spiro atoms. The minimum atomic E-state index is -1.02. The Morgan fingerprint density at radius 3 is 0.986 bits per heavy atom. The molecule has 8 amide bonds. The molecule has 6 rings (SSSR count). The number of nitrogens with one attached hydrogen (secondary N) is 4. The second-order valence-electron chi connectivity index (χ2n) is 15.7. The zero-order valence-electron chi connectivity index (χ0n) is 38.4. The fourth-order valence-electron chi connectivity index (χ4n) is 7.70. The molecular formula is C46H60N6O17. The molecule has 4 aliphatic heterocycles. The third-order valence-electron chi connectivity index (χ3n) is 11.0. The Hall–Kier alpha value is -5.76. The number of ether oxygens (including phenoxy) is 9. The largest absolute Gasteiger partial charge is 0.382 e. The van der Waals surface area contributed by atoms with Crippen LogP contribution in [0.2, 0.25) is 0 Å². The van der Waals surface area contributed by atoms with Crippen molar-refractivity contribution in [2.45, 2.75) is 37.8 Å². The first-order chi connectivity index (χ1) is 33.7. The van der Waals surface area contributed by atoms with Gasteiger partial charge in [0.15, 0.2) is 0 Å². The van der Waals surface area contributed by atoms with E-state index in [0.717, 1.165) is 9.80 Å². The van der Waals surface area contributed by atoms with Crippen molar-refractivity contribution < 1.29 is 81.0 Å². The standard InChI is InChI=1S/C46H60N6O17/c53-37-9-7-35(41(55)49-37)51-43(57)31-3-1-5-33(39(31)45(51)59)47-11-13-61-15-17-63-19-21-65-23-25-67-27-29-69-30-28-68-26-24-66-22-20-64-18-16-62-14-12-48-34-6-2-4-32-40(34)46(60)52(44(32)58)36-8-10-38(54)50-42(36)56/h1-6,35-36,47-48H,7-30H2,(H,49,53,55)(H,50,54,56). The zero-order valence-corrected chi connectivity index (χ0v) is 38.4. The maximum Gasteiger partial charge on any atom is 0.264 e. The molecule has 0 aliphatic carbocycles. The minimum Gasteiger partial charge on any atom is -0.382 e. The van der Waals surface area contributed by atoms with E-state index in [-0.39, 0.29) is 47.9 Å². The van der Waals surface area contributed by atoms with Crippen molar-refractivity contribution in [1.29, 1.82) is 0 Å². The van der Waals surface area contributed by atoms with E-state index in [1.807, 2.05) is 0 Å². The van der Waals surface area contributed by atoms with Gasteiger partial charge in [-0.2, -0.15) is 0 Å². The molecular weight excluding hydrogens is 909 g/mol. The van der Waals surface area contributed by atoms with E-state index < -0.39 is 59.3 Å². The van der Waals surface area contributed by atoms with E-state index in [1.165, 1.54) is 0 Å². The molecule has 4 aliphatic rings. The van der Waals surface area contributed by atoms with Crippen molar-refractivity contribution >= 4 is 58.6 Å². The van der Waals surface area contributed by atoms with E-state index >= 15 is 0 Å². The summed E-state index contributed by atoms with van der Waals surface area (Å²) in [6, 6.07) is 7.72. The van der Waals surface area contributed by atoms with Crippen molar-refractivity contribution in [3.63, 3.8) is 0 Å². The number of carbonyl (C=O) groups is 8. The van der Waals surface area contributed by atoms with E-state index in [9.17, 15) is 38.4 Å². The highest BCUT2D eigenvalue weighted by Gasteiger charge is 2.47. The molecule has 23 heteroatoms. The average Bonchev–Trinajstić information content (AvgIpc) is 3.74. The van der Waals surface area contributed by atoms with Crippen LogP contribution < -0.4 is 21.3 Å². The van der Waals surface area contributed by atoms with Crippen LogP contribution in [0, 0.1) is 0 Å². The van der Waals surface area contributed by atoms with Gasteiger partial charge in [0.1, 0.15) is 12.1 Å². The first kappa shape index (κ1) is 52.6. The van der Waals surface area contributed by atoms with Gasteiger partial charge in [-0.1, -0.05) is 12.1 Å². The van der Waals surface area contributed by atoms with Gasteiger partial charge in [-0.25, -0.2) is 0 Å². The normalized spacial score (nSPS) is 18.0. The highest BCUT2D eigenvalue weighted by molar-refractivity contribution is 6.26. The lowest BCUT2D eigenvalue weighted by atomic mass is 10.0. The van der Waals surface area contributed by atoms with Crippen LogP contribution in [-0.2, 0) is 61.8 Å². The Morgan fingerprint density at radius 2 is 0.696 bits per heavy atom. The van der Waals surface area contributed by atoms with Crippen molar-refractivity contribution in [2.75, 3.05) is 143 Å². The topological polar surface area (TPSA) is 274 Å². The van der Waals surface area contributed by atoms with Crippen LogP contribution in [0.4, 0.5) is 11.4 Å². The maximum atomic E-state index is 13.2. The molecule has 376 valence electrons. The van der Waals surface area contributed by atoms with Crippen molar-refractivity contribution in [3.8, 4) is 0 Å². The van der Waals surface area contributed by atoms with Gasteiger partial charge in [0.25, 0.3) is 23.6 Å². The van der Waals surface area contributed by atoms with Gasteiger partial charge in [-0.05, 0) is 37.1 Å². The van der Waals surface area contributed by atoms with Crippen molar-refractivity contribution in [1.82, 2.24) is 20.4 Å². The van der Waals surface area contributed by atoms with Gasteiger partial charge in [0.05, 0.1) is 141 Å². The third kappa shape index (κ3) is 15.1. The summed E-state index contributed by atoms with van der Waals surface area (Å²) in [5.41, 5.74) is 1.74. The number of nitrogens with zero attached hydrogens (tertiary/aromatic N) is 2. The fraction of sp³-hybridized carbons (Fsp3) is 0.565. The second-order valence-corrected chi connectivity index (χ2v) is 15.7. The molecule has 23 nitrogen and oxygen atoms in total. The van der Waals surface area contributed by atoms with Crippen molar-refractivity contribution in [2.24, 2.45) is 0 Å². The van der Waals surface area contributed by atoms with Crippen LogP contribution in [0.25, 0.3) is 0 Å². The van der Waals surface area contributed by atoms with Crippen LogP contribution in [0.3, 0.4) is 0 Å². The first-order valence-electron chi connectivity index (χ1n) is 23.0. The summed E-state index contributed by atoms with van der Waals surface area (Å²) in [4.78, 5) is 102. The van der Waals surface area contributed by atoms with Crippen LogP contribution in [0.5, 0.6) is 0 Å². The Balaban J connectivity index is 0.647. The SMILES string of the molecule is O=C1CCC(N2C(=O)c3cccc(NCCOCCOCCOCCOCCOCCOCCOCCOCCOCCNc4cccc5c4C(=O)N(C4CCC(=O)NC4=O)C5=O)c3C2=O)C(=O)N1. The van der Waals surface area contributed by atoms with Gasteiger partial charge >= 0.3 is 0 Å². The summed E-state index contributed by atoms with van der Waals surface area (Å²) in [6.07, 6.45) is 0.292. The molecule has 0 saturated carbocycles. The number of benzene rings is 2. The Bertz CT molecular complexity index is 1980. The smallest absolute Gasteiger partial charge is 0.264 e. The molecule has 4 N–H and O–H groups in total. The lowest BCUT2D eigenvalue weighted by Gasteiger charge is -2.27. The summed E-state index contributed by atoms with van der Waals surface area (Å²) in [5.74, 6) is -4.42. The Labute approximate surface area is 398 Å². The van der Waals surface area contributed by atoms with Gasteiger partial charge < -0.3 is 53.3 Å². The quantitative estimate of drug-likeness (QED) is 0.0537. The molecule has 2 unspecified atom stereocenters. The predicted octanol–water partition coefficient (Wildman–Crippen LogP) is 0.162. The van der Waals surface area contributed by atoms with Gasteiger partial charge in [-0.15, -0.1) is 0 Å². The molecule has 2 saturated heterocycles. The molecule has 69 heavy (non-hydrogen) atoms. The number of hydrogen-bond donors (Lipinski definition) is 4. The summed E-state index contributed by atoms with van der Waals surface area (Å²) in [6.45, 7) is 7.80. The number of imide groups is 4. The molecule has 2 aromatic carbocycles. The Morgan fingerprint density at radius 1 is 0.406 bits per heavy atom. The highest BCUT2D eigenvalue weighted by Crippen LogP contribution is 2.33. The summed E-state index contributed by atoms with van der Waals surface area (Å²) >= 11 is 0. The number of hydrogen-bond acceptors (Lipinski definition) is 19. The number of carbonyl (C=O) groups excluding carboxylic acids is 8. The van der Waals surface area contributed by atoms with Crippen LogP contribution in [0.15, 0.2) is 36.4 Å². The molecule has 4 heterocycles. The molecule has 0 aromatic heterocycles. The van der Waals surface area contributed by atoms with Gasteiger partial charge in [0, 0.05) is 37.3 Å². The number of amides is 8. The molecule has 2 atom stereocenters. The lowest BCUT2D eigenvalue weighted by molar-refractivity contribution is -0.137. The van der Waals surface area contributed by atoms with E-state index in [4.69, 9.17) is 42.6 Å². The average molecular weight is 969 g/mol.